The lowest BCUT2D eigenvalue weighted by Gasteiger charge is -2.10. The summed E-state index contributed by atoms with van der Waals surface area (Å²) in [6.45, 7) is 2.25. The van der Waals surface area contributed by atoms with Gasteiger partial charge in [-0.25, -0.2) is 4.98 Å². The zero-order valence-electron chi connectivity index (χ0n) is 12.9. The molecule has 1 saturated heterocycles. The topological polar surface area (TPSA) is 51.2 Å². The van der Waals surface area contributed by atoms with Crippen LogP contribution in [0.3, 0.4) is 0 Å². The SMILES string of the molecule is O=C(NCC1CCOC1)c1ccc(CSc2ccccn2)cc1. The second-order valence-corrected chi connectivity index (χ2v) is 6.59. The molecule has 1 aromatic heterocycles. The zero-order valence-corrected chi connectivity index (χ0v) is 13.7. The molecule has 1 aromatic carbocycles. The minimum atomic E-state index is -0.0131. The summed E-state index contributed by atoms with van der Waals surface area (Å²) >= 11 is 1.69. The molecule has 0 radical (unpaired) electrons. The van der Waals surface area contributed by atoms with Crippen LogP contribution >= 0.6 is 11.8 Å². The number of nitrogens with zero attached hydrogens (tertiary/aromatic N) is 1. The Balaban J connectivity index is 1.49. The van der Waals surface area contributed by atoms with Crippen molar-refractivity contribution < 1.29 is 9.53 Å². The number of carbonyl (C=O) groups excluding carboxylic acids is 1. The molecule has 1 fully saturated rings. The number of hydrogen-bond acceptors (Lipinski definition) is 4. The molecular weight excluding hydrogens is 308 g/mol. The van der Waals surface area contributed by atoms with Crippen LogP contribution in [0.15, 0.2) is 53.7 Å². The number of thioether (sulfide) groups is 1. The van der Waals surface area contributed by atoms with Crippen molar-refractivity contribution in [2.75, 3.05) is 19.8 Å². The van der Waals surface area contributed by atoms with E-state index in [9.17, 15) is 4.79 Å². The highest BCUT2D eigenvalue weighted by atomic mass is 32.2. The maximum atomic E-state index is 12.1. The summed E-state index contributed by atoms with van der Waals surface area (Å²) in [7, 11) is 0. The minimum Gasteiger partial charge on any atom is -0.381 e. The van der Waals surface area contributed by atoms with Crippen molar-refractivity contribution in [1.82, 2.24) is 10.3 Å². The van der Waals surface area contributed by atoms with Crippen LogP contribution in [0, 0.1) is 5.92 Å². The lowest BCUT2D eigenvalue weighted by atomic mass is 10.1. The van der Waals surface area contributed by atoms with Crippen molar-refractivity contribution in [3.63, 3.8) is 0 Å². The number of pyridine rings is 1. The van der Waals surface area contributed by atoms with Gasteiger partial charge in [0.2, 0.25) is 0 Å². The molecular formula is C18H20N2O2S. The Bertz CT molecular complexity index is 625. The van der Waals surface area contributed by atoms with E-state index in [-0.39, 0.29) is 5.91 Å². The lowest BCUT2D eigenvalue weighted by Crippen LogP contribution is -2.29. The number of nitrogens with one attached hydrogen (secondary N) is 1. The third-order valence-electron chi connectivity index (χ3n) is 3.82. The molecule has 5 heteroatoms. The summed E-state index contributed by atoms with van der Waals surface area (Å²) in [6.07, 6.45) is 2.83. The molecule has 4 nitrogen and oxygen atoms in total. The van der Waals surface area contributed by atoms with E-state index < -0.39 is 0 Å². The second-order valence-electron chi connectivity index (χ2n) is 5.59. The van der Waals surface area contributed by atoms with E-state index >= 15 is 0 Å². The maximum absolute atomic E-state index is 12.1. The van der Waals surface area contributed by atoms with Crippen LogP contribution in [0.2, 0.25) is 0 Å². The van der Waals surface area contributed by atoms with Gasteiger partial charge in [-0.15, -0.1) is 11.8 Å². The molecule has 120 valence electrons. The van der Waals surface area contributed by atoms with E-state index in [0.29, 0.717) is 18.0 Å². The first-order valence-electron chi connectivity index (χ1n) is 7.80. The first kappa shape index (κ1) is 16.0. The fourth-order valence-electron chi connectivity index (χ4n) is 2.43. The molecule has 0 saturated carbocycles. The van der Waals surface area contributed by atoms with Gasteiger partial charge in [0, 0.05) is 36.6 Å². The molecule has 1 amide bonds. The normalized spacial score (nSPS) is 17.1. The smallest absolute Gasteiger partial charge is 0.251 e. The minimum absolute atomic E-state index is 0.0131. The average Bonchev–Trinajstić information content (AvgIpc) is 3.13. The molecule has 3 rings (SSSR count). The largest absolute Gasteiger partial charge is 0.381 e. The molecule has 0 bridgehead atoms. The fourth-order valence-corrected chi connectivity index (χ4v) is 3.24. The van der Waals surface area contributed by atoms with E-state index in [4.69, 9.17) is 4.74 Å². The number of amides is 1. The van der Waals surface area contributed by atoms with Crippen molar-refractivity contribution in [3.05, 3.63) is 59.8 Å². The van der Waals surface area contributed by atoms with Gasteiger partial charge in [0.1, 0.15) is 0 Å². The van der Waals surface area contributed by atoms with Crippen LogP contribution in [0.4, 0.5) is 0 Å². The number of ether oxygens (including phenoxy) is 1. The van der Waals surface area contributed by atoms with Gasteiger partial charge in [-0.05, 0) is 36.2 Å². The Morgan fingerprint density at radius 1 is 1.26 bits per heavy atom. The summed E-state index contributed by atoms with van der Waals surface area (Å²) in [4.78, 5) is 16.4. The van der Waals surface area contributed by atoms with Gasteiger partial charge in [0.15, 0.2) is 0 Å². The summed E-state index contributed by atoms with van der Waals surface area (Å²) in [5.41, 5.74) is 1.89. The Kier molecular flexibility index (Phi) is 5.66. The van der Waals surface area contributed by atoms with E-state index in [0.717, 1.165) is 30.4 Å². The number of rotatable bonds is 6. The Hall–Kier alpha value is -1.85. The molecule has 0 aliphatic carbocycles. The maximum Gasteiger partial charge on any atom is 0.251 e. The first-order valence-corrected chi connectivity index (χ1v) is 8.78. The highest BCUT2D eigenvalue weighted by Crippen LogP contribution is 2.20. The summed E-state index contributed by atoms with van der Waals surface area (Å²) < 4.78 is 5.32. The Morgan fingerprint density at radius 3 is 2.83 bits per heavy atom. The molecule has 1 unspecified atom stereocenters. The molecule has 0 spiro atoms. The highest BCUT2D eigenvalue weighted by Gasteiger charge is 2.16. The van der Waals surface area contributed by atoms with Crippen molar-refractivity contribution >= 4 is 17.7 Å². The number of carbonyl (C=O) groups is 1. The third kappa shape index (κ3) is 4.81. The van der Waals surface area contributed by atoms with Crippen LogP contribution < -0.4 is 5.32 Å². The van der Waals surface area contributed by atoms with E-state index in [1.54, 1.807) is 18.0 Å². The van der Waals surface area contributed by atoms with Gasteiger partial charge in [-0.3, -0.25) is 4.79 Å². The van der Waals surface area contributed by atoms with Crippen molar-refractivity contribution in [3.8, 4) is 0 Å². The molecule has 1 N–H and O–H groups in total. The number of benzene rings is 1. The molecule has 2 heterocycles. The monoisotopic (exact) mass is 328 g/mol. The van der Waals surface area contributed by atoms with Gasteiger partial charge < -0.3 is 10.1 Å². The Labute approximate surface area is 140 Å². The van der Waals surface area contributed by atoms with E-state index in [1.165, 1.54) is 5.56 Å². The lowest BCUT2D eigenvalue weighted by molar-refractivity contribution is 0.0945. The van der Waals surface area contributed by atoms with Crippen LogP contribution in [0.5, 0.6) is 0 Å². The number of hydrogen-bond donors (Lipinski definition) is 1. The van der Waals surface area contributed by atoms with Crippen LogP contribution in [-0.2, 0) is 10.5 Å². The van der Waals surface area contributed by atoms with E-state index in [1.807, 2.05) is 42.5 Å². The molecule has 2 aromatic rings. The molecule has 23 heavy (non-hydrogen) atoms. The average molecular weight is 328 g/mol. The molecule has 1 atom stereocenters. The summed E-state index contributed by atoms with van der Waals surface area (Å²) in [5, 5.41) is 3.99. The van der Waals surface area contributed by atoms with Crippen molar-refractivity contribution in [2.24, 2.45) is 5.92 Å². The predicted octanol–water partition coefficient (Wildman–Crippen LogP) is 3.14. The van der Waals surface area contributed by atoms with Crippen LogP contribution in [-0.4, -0.2) is 30.6 Å². The molecule has 1 aliphatic heterocycles. The second kappa shape index (κ2) is 8.13. The van der Waals surface area contributed by atoms with Gasteiger partial charge in [-0.2, -0.15) is 0 Å². The molecule has 1 aliphatic rings. The van der Waals surface area contributed by atoms with Gasteiger partial charge >= 0.3 is 0 Å². The number of aromatic nitrogens is 1. The standard InChI is InChI=1S/C18H20N2O2S/c21-18(20-11-15-8-10-22-12-15)16-6-4-14(5-7-16)13-23-17-3-1-2-9-19-17/h1-7,9,15H,8,10-13H2,(H,20,21). The highest BCUT2D eigenvalue weighted by molar-refractivity contribution is 7.98. The van der Waals surface area contributed by atoms with Crippen LogP contribution in [0.1, 0.15) is 22.3 Å². The van der Waals surface area contributed by atoms with Crippen molar-refractivity contribution in [2.45, 2.75) is 17.2 Å². The summed E-state index contributed by atoms with van der Waals surface area (Å²) in [5.74, 6) is 1.28. The summed E-state index contributed by atoms with van der Waals surface area (Å²) in [6, 6.07) is 13.7. The van der Waals surface area contributed by atoms with Gasteiger partial charge in [-0.1, -0.05) is 18.2 Å². The van der Waals surface area contributed by atoms with Crippen LogP contribution in [0.25, 0.3) is 0 Å². The first-order chi connectivity index (χ1) is 11.3. The predicted molar refractivity (Wildman–Crippen MR) is 91.5 cm³/mol. The third-order valence-corrected chi connectivity index (χ3v) is 4.83. The Morgan fingerprint density at radius 2 is 2.13 bits per heavy atom. The van der Waals surface area contributed by atoms with Gasteiger partial charge in [0.05, 0.1) is 11.6 Å². The van der Waals surface area contributed by atoms with Crippen molar-refractivity contribution in [1.29, 1.82) is 0 Å². The fraction of sp³-hybridized carbons (Fsp3) is 0.333. The zero-order chi connectivity index (χ0) is 15.9. The quantitative estimate of drug-likeness (QED) is 0.828. The van der Waals surface area contributed by atoms with Gasteiger partial charge in [0.25, 0.3) is 5.91 Å². The van der Waals surface area contributed by atoms with E-state index in [2.05, 4.69) is 10.3 Å².